The minimum Gasteiger partial charge on any atom is -0.346 e. The van der Waals surface area contributed by atoms with Crippen molar-refractivity contribution >= 4 is 38.2 Å². The predicted molar refractivity (Wildman–Crippen MR) is 131 cm³/mol. The summed E-state index contributed by atoms with van der Waals surface area (Å²) in [5.74, 6) is -0.765. The molecule has 1 aliphatic rings. The monoisotopic (exact) mass is 497 g/mol. The molecule has 0 bridgehead atoms. The van der Waals surface area contributed by atoms with Gasteiger partial charge in [0.05, 0.1) is 33.3 Å². The van der Waals surface area contributed by atoms with E-state index in [1.54, 1.807) is 48.0 Å². The molecule has 0 radical (unpaired) electrons. The molecule has 1 aliphatic heterocycles. The molecule has 1 aromatic heterocycles. The molecule has 0 unspecified atom stereocenters. The van der Waals surface area contributed by atoms with Crippen LogP contribution >= 0.6 is 11.6 Å². The summed E-state index contributed by atoms with van der Waals surface area (Å²) in [7, 11) is -3.17. The van der Waals surface area contributed by atoms with E-state index in [1.165, 1.54) is 12.1 Å². The van der Waals surface area contributed by atoms with E-state index in [1.807, 2.05) is 18.2 Å². The quantitative estimate of drug-likeness (QED) is 0.439. The zero-order valence-corrected chi connectivity index (χ0v) is 19.8. The second kappa shape index (κ2) is 8.21. The maximum Gasteiger partial charge on any atom is 0.251 e. The van der Waals surface area contributed by atoms with Crippen LogP contribution in [0.2, 0.25) is 5.02 Å². The van der Waals surface area contributed by atoms with Crippen LogP contribution in [0.4, 0.5) is 4.39 Å². The van der Waals surface area contributed by atoms with Crippen LogP contribution in [0.25, 0.3) is 27.8 Å². The number of fused-ring (bicyclic) bond motifs is 1. The summed E-state index contributed by atoms with van der Waals surface area (Å²) in [6.07, 6.45) is 0.369. The van der Waals surface area contributed by atoms with Crippen molar-refractivity contribution in [2.45, 2.75) is 18.9 Å². The second-order valence-corrected chi connectivity index (χ2v) is 11.4. The summed E-state index contributed by atoms with van der Waals surface area (Å²) >= 11 is 6.44. The van der Waals surface area contributed by atoms with Crippen molar-refractivity contribution in [1.82, 2.24) is 15.1 Å². The first-order chi connectivity index (χ1) is 16.1. The third kappa shape index (κ3) is 4.19. The first-order valence-electron chi connectivity index (χ1n) is 10.7. The number of halogens is 2. The highest BCUT2D eigenvalue weighted by atomic mass is 35.5. The first kappa shape index (κ1) is 22.6. The van der Waals surface area contributed by atoms with Crippen LogP contribution in [0.15, 0.2) is 66.7 Å². The third-order valence-corrected chi connectivity index (χ3v) is 8.29. The molecule has 0 spiro atoms. The lowest BCUT2D eigenvalue weighted by atomic mass is 10.0. The standard InChI is InChI=1S/C25H21ClFN3O3S/c1-25(12-13-34(32,33)15-25)28-24(31)16-6-11-20-22(14-16)30(18-9-7-17(27)8-10-18)29-23(20)19-4-2-3-5-21(19)26/h2-11,14H,12-13,15H2,1H3,(H,28,31)/t25-/m0/s1. The molecule has 1 N–H and O–H groups in total. The fourth-order valence-corrected chi connectivity index (χ4v) is 6.66. The Labute approximate surface area is 201 Å². The minimum atomic E-state index is -3.17. The van der Waals surface area contributed by atoms with Crippen LogP contribution in [-0.4, -0.2) is 41.2 Å². The van der Waals surface area contributed by atoms with Crippen LogP contribution in [0.3, 0.4) is 0 Å². The molecule has 1 atom stereocenters. The topological polar surface area (TPSA) is 81.1 Å². The highest BCUT2D eigenvalue weighted by molar-refractivity contribution is 7.91. The molecule has 1 amide bonds. The molecule has 0 saturated carbocycles. The van der Waals surface area contributed by atoms with E-state index >= 15 is 0 Å². The smallest absolute Gasteiger partial charge is 0.251 e. The molecule has 1 saturated heterocycles. The zero-order valence-electron chi connectivity index (χ0n) is 18.3. The second-order valence-electron chi connectivity index (χ2n) is 8.81. The molecular formula is C25H21ClFN3O3S. The lowest BCUT2D eigenvalue weighted by Crippen LogP contribution is -2.46. The maximum atomic E-state index is 13.6. The highest BCUT2D eigenvalue weighted by Gasteiger charge is 2.39. The fourth-order valence-electron chi connectivity index (χ4n) is 4.34. The Kier molecular flexibility index (Phi) is 5.45. The van der Waals surface area contributed by atoms with Gasteiger partial charge in [0.2, 0.25) is 0 Å². The average Bonchev–Trinajstić information content (AvgIpc) is 3.30. The first-order valence-corrected chi connectivity index (χ1v) is 12.9. The lowest BCUT2D eigenvalue weighted by molar-refractivity contribution is 0.0915. The molecule has 4 aromatic rings. The normalized spacial score (nSPS) is 19.4. The summed E-state index contributed by atoms with van der Waals surface area (Å²) < 4.78 is 39.1. The Bertz CT molecular complexity index is 1530. The van der Waals surface area contributed by atoms with Crippen molar-refractivity contribution in [3.63, 3.8) is 0 Å². The van der Waals surface area contributed by atoms with E-state index < -0.39 is 15.4 Å². The third-order valence-electron chi connectivity index (χ3n) is 6.06. The van der Waals surface area contributed by atoms with Crippen LogP contribution < -0.4 is 5.32 Å². The van der Waals surface area contributed by atoms with Gasteiger partial charge in [-0.05, 0) is 61.9 Å². The summed E-state index contributed by atoms with van der Waals surface area (Å²) in [4.78, 5) is 13.1. The number of carbonyl (C=O) groups is 1. The average molecular weight is 498 g/mol. The van der Waals surface area contributed by atoms with Gasteiger partial charge in [-0.25, -0.2) is 17.5 Å². The van der Waals surface area contributed by atoms with Gasteiger partial charge < -0.3 is 5.32 Å². The number of amides is 1. The van der Waals surface area contributed by atoms with Gasteiger partial charge in [-0.15, -0.1) is 0 Å². The van der Waals surface area contributed by atoms with Crippen molar-refractivity contribution < 1.29 is 17.6 Å². The molecule has 5 rings (SSSR count). The van der Waals surface area contributed by atoms with Gasteiger partial charge in [0.1, 0.15) is 11.5 Å². The minimum absolute atomic E-state index is 0.0569. The highest BCUT2D eigenvalue weighted by Crippen LogP contribution is 2.34. The zero-order chi connectivity index (χ0) is 24.1. The molecular weight excluding hydrogens is 477 g/mol. The van der Waals surface area contributed by atoms with Crippen molar-refractivity contribution in [2.75, 3.05) is 11.5 Å². The van der Waals surface area contributed by atoms with Gasteiger partial charge in [0, 0.05) is 16.5 Å². The maximum absolute atomic E-state index is 13.6. The SMILES string of the molecule is C[C@]1(NC(=O)c2ccc3c(-c4ccccc4Cl)nn(-c4ccc(F)cc4)c3c2)CCS(=O)(=O)C1. The number of benzene rings is 3. The Morgan fingerprint density at radius 2 is 1.85 bits per heavy atom. The van der Waals surface area contributed by atoms with E-state index in [0.29, 0.717) is 33.9 Å². The number of hydrogen-bond acceptors (Lipinski definition) is 4. The van der Waals surface area contributed by atoms with Crippen molar-refractivity contribution in [1.29, 1.82) is 0 Å². The van der Waals surface area contributed by atoms with Gasteiger partial charge in [-0.2, -0.15) is 5.10 Å². The van der Waals surface area contributed by atoms with Crippen LogP contribution in [0.1, 0.15) is 23.7 Å². The summed E-state index contributed by atoms with van der Waals surface area (Å²) in [6, 6.07) is 18.4. The number of nitrogens with one attached hydrogen (secondary N) is 1. The number of hydrogen-bond donors (Lipinski definition) is 1. The Hall–Kier alpha value is -3.23. The molecule has 9 heteroatoms. The molecule has 34 heavy (non-hydrogen) atoms. The molecule has 3 aromatic carbocycles. The molecule has 1 fully saturated rings. The Morgan fingerprint density at radius 1 is 1.12 bits per heavy atom. The molecule has 0 aliphatic carbocycles. The van der Waals surface area contributed by atoms with E-state index in [9.17, 15) is 17.6 Å². The molecule has 2 heterocycles. The number of carbonyl (C=O) groups excluding carboxylic acids is 1. The largest absolute Gasteiger partial charge is 0.346 e. The molecule has 174 valence electrons. The number of rotatable bonds is 4. The fraction of sp³-hybridized carbons (Fsp3) is 0.200. The molecule has 6 nitrogen and oxygen atoms in total. The van der Waals surface area contributed by atoms with Gasteiger partial charge in [-0.1, -0.05) is 29.8 Å². The van der Waals surface area contributed by atoms with Crippen molar-refractivity contribution in [3.05, 3.63) is 83.1 Å². The van der Waals surface area contributed by atoms with Gasteiger partial charge in [0.15, 0.2) is 9.84 Å². The van der Waals surface area contributed by atoms with Gasteiger partial charge >= 0.3 is 0 Å². The number of sulfone groups is 1. The Morgan fingerprint density at radius 3 is 2.53 bits per heavy atom. The van der Waals surface area contributed by atoms with Crippen LogP contribution in [0, 0.1) is 5.82 Å². The van der Waals surface area contributed by atoms with E-state index in [0.717, 1.165) is 10.9 Å². The van der Waals surface area contributed by atoms with E-state index in [-0.39, 0.29) is 23.2 Å². The number of nitrogens with zero attached hydrogens (tertiary/aromatic N) is 2. The van der Waals surface area contributed by atoms with Gasteiger partial charge in [0.25, 0.3) is 5.91 Å². The van der Waals surface area contributed by atoms with Crippen molar-refractivity contribution in [2.24, 2.45) is 0 Å². The summed E-state index contributed by atoms with van der Waals surface area (Å²) in [5.41, 5.74) is 2.17. The number of aromatic nitrogens is 2. The van der Waals surface area contributed by atoms with Crippen molar-refractivity contribution in [3.8, 4) is 16.9 Å². The van der Waals surface area contributed by atoms with Crippen LogP contribution in [0.5, 0.6) is 0 Å². The van der Waals surface area contributed by atoms with E-state index in [4.69, 9.17) is 16.7 Å². The van der Waals surface area contributed by atoms with Crippen LogP contribution in [-0.2, 0) is 9.84 Å². The van der Waals surface area contributed by atoms with E-state index in [2.05, 4.69) is 5.32 Å². The lowest BCUT2D eigenvalue weighted by Gasteiger charge is -2.23. The summed E-state index contributed by atoms with van der Waals surface area (Å²) in [5, 5.41) is 8.94. The predicted octanol–water partition coefficient (Wildman–Crippen LogP) is 4.79. The van der Waals surface area contributed by atoms with Gasteiger partial charge in [-0.3, -0.25) is 4.79 Å². The summed E-state index contributed by atoms with van der Waals surface area (Å²) in [6.45, 7) is 1.74. The Balaban J connectivity index is 1.62.